The molecule has 1 aliphatic rings. The first-order chi connectivity index (χ1) is 9.03. The van der Waals surface area contributed by atoms with E-state index in [1.807, 2.05) is 0 Å². The summed E-state index contributed by atoms with van der Waals surface area (Å²) in [5.74, 6) is 0.229. The van der Waals surface area contributed by atoms with Crippen molar-refractivity contribution in [3.8, 4) is 5.75 Å². The largest absolute Gasteiger partial charge is 0.495 e. The van der Waals surface area contributed by atoms with Crippen LogP contribution in [0, 0.1) is 0 Å². The van der Waals surface area contributed by atoms with E-state index in [-0.39, 0.29) is 16.7 Å². The lowest BCUT2D eigenvalue weighted by Crippen LogP contribution is -2.28. The minimum absolute atomic E-state index is 0.0273. The minimum atomic E-state index is -3.79. The van der Waals surface area contributed by atoms with Crippen molar-refractivity contribution in [1.82, 2.24) is 4.89 Å². The normalized spacial score (nSPS) is 16.7. The van der Waals surface area contributed by atoms with Crippen LogP contribution >= 0.6 is 11.6 Å². The van der Waals surface area contributed by atoms with Gasteiger partial charge in [0.05, 0.1) is 13.2 Å². The zero-order chi connectivity index (χ0) is 13.9. The third-order valence-corrected chi connectivity index (χ3v) is 4.49. The summed E-state index contributed by atoms with van der Waals surface area (Å²) in [5, 5.41) is 0.321. The van der Waals surface area contributed by atoms with Gasteiger partial charge in [-0.05, 0) is 31.0 Å². The van der Waals surface area contributed by atoms with Crippen LogP contribution in [-0.4, -0.2) is 21.6 Å². The van der Waals surface area contributed by atoms with Crippen LogP contribution < -0.4 is 9.62 Å². The molecule has 0 bridgehead atoms. The van der Waals surface area contributed by atoms with Gasteiger partial charge in [-0.25, -0.2) is 8.42 Å². The second-order valence-corrected chi connectivity index (χ2v) is 6.46. The second-order valence-electron chi connectivity index (χ2n) is 4.41. The van der Waals surface area contributed by atoms with E-state index in [2.05, 4.69) is 4.89 Å². The predicted molar refractivity (Wildman–Crippen MR) is 71.7 cm³/mol. The number of ether oxygens (including phenoxy) is 1. The Balaban J connectivity index is 2.16. The zero-order valence-corrected chi connectivity index (χ0v) is 12.1. The van der Waals surface area contributed by atoms with Crippen LogP contribution in [0.3, 0.4) is 0 Å². The van der Waals surface area contributed by atoms with Crippen molar-refractivity contribution in [2.75, 3.05) is 7.11 Å². The van der Waals surface area contributed by atoms with Crippen LogP contribution in [0.5, 0.6) is 5.75 Å². The fourth-order valence-electron chi connectivity index (χ4n) is 2.04. The molecule has 1 saturated carbocycles. The summed E-state index contributed by atoms with van der Waals surface area (Å²) in [6.45, 7) is 0. The molecule has 0 unspecified atom stereocenters. The fraction of sp³-hybridized carbons (Fsp3) is 0.500. The first kappa shape index (κ1) is 14.6. The standard InChI is InChI=1S/C12H16ClNO4S/c1-17-11-7-6-9(13)8-12(11)19(15,16)14-18-10-4-2-3-5-10/h6-8,10,14H,2-5H2,1H3. The number of hydrogen-bond acceptors (Lipinski definition) is 4. The van der Waals surface area contributed by atoms with Crippen LogP contribution in [0.1, 0.15) is 25.7 Å². The number of halogens is 1. The van der Waals surface area contributed by atoms with E-state index >= 15 is 0 Å². The maximum atomic E-state index is 12.1. The van der Waals surface area contributed by atoms with Crippen molar-refractivity contribution in [3.05, 3.63) is 23.2 Å². The van der Waals surface area contributed by atoms with Crippen LogP contribution in [0.15, 0.2) is 23.1 Å². The molecule has 0 aliphatic heterocycles. The Labute approximate surface area is 117 Å². The third kappa shape index (κ3) is 3.60. The van der Waals surface area contributed by atoms with E-state index < -0.39 is 10.0 Å². The molecule has 1 aliphatic carbocycles. The van der Waals surface area contributed by atoms with E-state index in [1.54, 1.807) is 6.07 Å². The van der Waals surface area contributed by atoms with Crippen LogP contribution in [0.25, 0.3) is 0 Å². The first-order valence-corrected chi connectivity index (χ1v) is 7.90. The van der Waals surface area contributed by atoms with E-state index in [0.29, 0.717) is 5.02 Å². The van der Waals surface area contributed by atoms with Gasteiger partial charge >= 0.3 is 0 Å². The molecule has 0 atom stereocenters. The predicted octanol–water partition coefficient (Wildman–Crippen LogP) is 2.50. The lowest BCUT2D eigenvalue weighted by Gasteiger charge is -2.14. The minimum Gasteiger partial charge on any atom is -0.495 e. The quantitative estimate of drug-likeness (QED) is 0.849. The highest BCUT2D eigenvalue weighted by atomic mass is 35.5. The maximum Gasteiger partial charge on any atom is 0.266 e. The molecule has 1 aromatic carbocycles. The zero-order valence-electron chi connectivity index (χ0n) is 10.6. The first-order valence-electron chi connectivity index (χ1n) is 6.04. The third-order valence-electron chi connectivity index (χ3n) is 3.04. The number of hydrogen-bond donors (Lipinski definition) is 1. The molecule has 5 nitrogen and oxygen atoms in total. The Hall–Kier alpha value is -0.820. The summed E-state index contributed by atoms with van der Waals surface area (Å²) in [7, 11) is -2.39. The Kier molecular flexibility index (Phi) is 4.67. The van der Waals surface area contributed by atoms with E-state index in [0.717, 1.165) is 25.7 Å². The van der Waals surface area contributed by atoms with Gasteiger partial charge in [0.1, 0.15) is 10.6 Å². The number of rotatable bonds is 5. The van der Waals surface area contributed by atoms with Crippen LogP contribution in [0.4, 0.5) is 0 Å². The lowest BCUT2D eigenvalue weighted by molar-refractivity contribution is 0.0223. The summed E-state index contributed by atoms with van der Waals surface area (Å²) in [4.78, 5) is 7.35. The monoisotopic (exact) mass is 305 g/mol. The van der Waals surface area contributed by atoms with E-state index in [9.17, 15) is 8.42 Å². The van der Waals surface area contributed by atoms with Crippen molar-refractivity contribution in [2.24, 2.45) is 0 Å². The molecule has 0 amide bonds. The Morgan fingerprint density at radius 1 is 1.32 bits per heavy atom. The van der Waals surface area contributed by atoms with Gasteiger partial charge in [-0.15, -0.1) is 0 Å². The van der Waals surface area contributed by atoms with E-state index in [1.165, 1.54) is 19.2 Å². The molecule has 0 aromatic heterocycles. The summed E-state index contributed by atoms with van der Waals surface area (Å²) in [6.07, 6.45) is 3.81. The molecule has 0 heterocycles. The van der Waals surface area contributed by atoms with Crippen molar-refractivity contribution < 1.29 is 18.0 Å². The molecule has 0 saturated heterocycles. The number of sulfonamides is 1. The van der Waals surface area contributed by atoms with Gasteiger partial charge in [0.2, 0.25) is 0 Å². The fourth-order valence-corrected chi connectivity index (χ4v) is 3.33. The molecular weight excluding hydrogens is 290 g/mol. The molecule has 19 heavy (non-hydrogen) atoms. The van der Waals surface area contributed by atoms with Gasteiger partial charge < -0.3 is 4.74 Å². The van der Waals surface area contributed by atoms with Crippen molar-refractivity contribution >= 4 is 21.6 Å². The summed E-state index contributed by atoms with van der Waals surface area (Å²) >= 11 is 5.82. The highest BCUT2D eigenvalue weighted by Crippen LogP contribution is 2.27. The summed E-state index contributed by atoms with van der Waals surface area (Å²) in [6, 6.07) is 4.41. The average molecular weight is 306 g/mol. The van der Waals surface area contributed by atoms with Crippen LogP contribution in [-0.2, 0) is 14.9 Å². The maximum absolute atomic E-state index is 12.1. The van der Waals surface area contributed by atoms with Crippen molar-refractivity contribution in [1.29, 1.82) is 0 Å². The van der Waals surface area contributed by atoms with Crippen LogP contribution in [0.2, 0.25) is 5.02 Å². The van der Waals surface area contributed by atoms with Crippen molar-refractivity contribution in [3.63, 3.8) is 0 Å². The Morgan fingerprint density at radius 2 is 2.00 bits per heavy atom. The molecular formula is C12H16ClNO4S. The summed E-state index contributed by atoms with van der Waals surface area (Å²) < 4.78 is 29.3. The average Bonchev–Trinajstić information content (AvgIpc) is 2.89. The highest BCUT2D eigenvalue weighted by molar-refractivity contribution is 7.89. The van der Waals surface area contributed by atoms with Gasteiger partial charge in [0.25, 0.3) is 10.0 Å². The molecule has 1 aromatic rings. The smallest absolute Gasteiger partial charge is 0.266 e. The Bertz CT molecular complexity index is 541. The SMILES string of the molecule is COc1ccc(Cl)cc1S(=O)(=O)NOC1CCCC1. The van der Waals surface area contributed by atoms with Gasteiger partial charge in [-0.3, -0.25) is 4.84 Å². The number of benzene rings is 1. The van der Waals surface area contributed by atoms with Gasteiger partial charge in [0.15, 0.2) is 0 Å². The van der Waals surface area contributed by atoms with Gasteiger partial charge in [-0.2, -0.15) is 0 Å². The molecule has 1 fully saturated rings. The van der Waals surface area contributed by atoms with Crippen molar-refractivity contribution in [2.45, 2.75) is 36.7 Å². The number of methoxy groups -OCH3 is 1. The molecule has 0 spiro atoms. The molecule has 2 rings (SSSR count). The van der Waals surface area contributed by atoms with Gasteiger partial charge in [0, 0.05) is 5.02 Å². The lowest BCUT2D eigenvalue weighted by atomic mass is 10.3. The summed E-state index contributed by atoms with van der Waals surface area (Å²) in [5.41, 5.74) is 0. The molecule has 1 N–H and O–H groups in total. The molecule has 7 heteroatoms. The Morgan fingerprint density at radius 3 is 2.63 bits per heavy atom. The number of nitrogens with one attached hydrogen (secondary N) is 1. The highest BCUT2D eigenvalue weighted by Gasteiger charge is 2.23. The van der Waals surface area contributed by atoms with Gasteiger partial charge in [-0.1, -0.05) is 29.3 Å². The topological polar surface area (TPSA) is 64.6 Å². The molecule has 106 valence electrons. The van der Waals surface area contributed by atoms with E-state index in [4.69, 9.17) is 21.2 Å². The second kappa shape index (κ2) is 6.09. The molecule has 0 radical (unpaired) electrons.